The normalized spacial score (nSPS) is 14.3. The van der Waals surface area contributed by atoms with Crippen molar-refractivity contribution in [2.45, 2.75) is 47.5 Å². The Labute approximate surface area is 159 Å². The number of carbonyl (C=O) groups is 1. The fourth-order valence-electron chi connectivity index (χ4n) is 3.38. The molecule has 1 unspecified atom stereocenters. The van der Waals surface area contributed by atoms with E-state index in [4.69, 9.17) is 14.2 Å². The molecule has 0 saturated carbocycles. The average Bonchev–Trinajstić information content (AvgIpc) is 3.18. The number of nitrogens with zero attached hydrogens (tertiary/aromatic N) is 3. The van der Waals surface area contributed by atoms with E-state index in [0.717, 1.165) is 12.0 Å². The maximum atomic E-state index is 12.9. The van der Waals surface area contributed by atoms with Gasteiger partial charge in [-0.2, -0.15) is 9.67 Å². The van der Waals surface area contributed by atoms with Crippen LogP contribution in [-0.4, -0.2) is 34.1 Å². The van der Waals surface area contributed by atoms with Crippen LogP contribution in [-0.2, 0) is 0 Å². The molecule has 27 heavy (non-hydrogen) atoms. The monoisotopic (exact) mass is 373 g/mol. The Morgan fingerprint density at radius 3 is 2.74 bits per heavy atom. The van der Waals surface area contributed by atoms with Gasteiger partial charge in [-0.05, 0) is 42.9 Å². The van der Waals surface area contributed by atoms with Crippen molar-refractivity contribution in [3.8, 4) is 28.9 Å². The van der Waals surface area contributed by atoms with Crippen LogP contribution in [0.4, 0.5) is 0 Å². The second kappa shape index (κ2) is 7.58. The molecule has 7 heteroatoms. The lowest BCUT2D eigenvalue weighted by Crippen LogP contribution is -2.20. The van der Waals surface area contributed by atoms with Gasteiger partial charge >= 0.3 is 6.01 Å². The topological polar surface area (TPSA) is 75.5 Å². The van der Waals surface area contributed by atoms with Crippen molar-refractivity contribution in [1.29, 1.82) is 0 Å². The molecule has 1 aromatic carbocycles. The van der Waals surface area contributed by atoms with Crippen molar-refractivity contribution in [1.82, 2.24) is 14.8 Å². The zero-order valence-electron chi connectivity index (χ0n) is 16.6. The standard InChI is InChI=1S/C20H27N3O4/c1-6-25-19-21-18(14-7-8-15-16(10-14)27-12-26-15)23(22-19)17(24)9-13(2)11-20(3,4)5/h7-8,10,13H,6,9,11-12H2,1-5H3. The summed E-state index contributed by atoms with van der Waals surface area (Å²) < 4.78 is 17.6. The van der Waals surface area contributed by atoms with Crippen LogP contribution >= 0.6 is 0 Å². The molecule has 0 spiro atoms. The van der Waals surface area contributed by atoms with E-state index in [-0.39, 0.29) is 30.0 Å². The largest absolute Gasteiger partial charge is 0.463 e. The van der Waals surface area contributed by atoms with Crippen LogP contribution in [0, 0.1) is 11.3 Å². The molecule has 0 bridgehead atoms. The number of hydrogen-bond donors (Lipinski definition) is 0. The molecule has 146 valence electrons. The quantitative estimate of drug-likeness (QED) is 0.756. The third-order valence-electron chi connectivity index (χ3n) is 4.21. The summed E-state index contributed by atoms with van der Waals surface area (Å²) in [6.45, 7) is 11.1. The zero-order valence-corrected chi connectivity index (χ0v) is 16.6. The van der Waals surface area contributed by atoms with Crippen LogP contribution in [0.2, 0.25) is 0 Å². The minimum Gasteiger partial charge on any atom is -0.463 e. The fraction of sp³-hybridized carbons (Fsp3) is 0.550. The van der Waals surface area contributed by atoms with Gasteiger partial charge in [0.25, 0.3) is 0 Å². The van der Waals surface area contributed by atoms with Gasteiger partial charge in [0.15, 0.2) is 17.3 Å². The number of rotatable bonds is 6. The summed E-state index contributed by atoms with van der Waals surface area (Å²) in [6, 6.07) is 5.66. The Hall–Kier alpha value is -2.57. The van der Waals surface area contributed by atoms with Gasteiger partial charge in [0, 0.05) is 12.0 Å². The highest BCUT2D eigenvalue weighted by atomic mass is 16.7. The number of carbonyl (C=O) groups excluding carboxylic acids is 1. The molecule has 0 saturated heterocycles. The number of hydrogen-bond acceptors (Lipinski definition) is 6. The lowest BCUT2D eigenvalue weighted by Gasteiger charge is -2.22. The molecule has 0 N–H and O–H groups in total. The molecule has 1 aromatic heterocycles. The van der Waals surface area contributed by atoms with Crippen LogP contribution in [0.25, 0.3) is 11.4 Å². The van der Waals surface area contributed by atoms with Crippen LogP contribution in [0.15, 0.2) is 18.2 Å². The highest BCUT2D eigenvalue weighted by molar-refractivity contribution is 5.82. The number of ether oxygens (including phenoxy) is 3. The highest BCUT2D eigenvalue weighted by Gasteiger charge is 2.24. The molecular formula is C20H27N3O4. The van der Waals surface area contributed by atoms with Crippen molar-refractivity contribution in [3.05, 3.63) is 18.2 Å². The summed E-state index contributed by atoms with van der Waals surface area (Å²) in [4.78, 5) is 17.3. The van der Waals surface area contributed by atoms with E-state index in [0.29, 0.717) is 30.4 Å². The fourth-order valence-corrected chi connectivity index (χ4v) is 3.38. The first-order chi connectivity index (χ1) is 12.8. The third kappa shape index (κ3) is 4.59. The zero-order chi connectivity index (χ0) is 19.6. The molecule has 0 amide bonds. The second-order valence-electron chi connectivity index (χ2n) is 8.10. The first kappa shape index (κ1) is 19.2. The molecule has 2 heterocycles. The first-order valence-electron chi connectivity index (χ1n) is 9.30. The predicted octanol–water partition coefficient (Wildman–Crippen LogP) is 4.18. The Morgan fingerprint density at radius 1 is 1.30 bits per heavy atom. The van der Waals surface area contributed by atoms with E-state index in [1.807, 2.05) is 25.1 Å². The third-order valence-corrected chi connectivity index (χ3v) is 4.21. The molecule has 3 rings (SSSR count). The Bertz CT molecular complexity index is 823. The summed E-state index contributed by atoms with van der Waals surface area (Å²) >= 11 is 0. The molecular weight excluding hydrogens is 346 g/mol. The minimum absolute atomic E-state index is 0.0992. The van der Waals surface area contributed by atoms with Gasteiger partial charge in [0.05, 0.1) is 6.61 Å². The lowest BCUT2D eigenvalue weighted by molar-refractivity contribution is 0.0856. The van der Waals surface area contributed by atoms with Crippen LogP contribution in [0.1, 0.15) is 52.3 Å². The van der Waals surface area contributed by atoms with Crippen molar-refractivity contribution in [2.24, 2.45) is 11.3 Å². The first-order valence-corrected chi connectivity index (χ1v) is 9.30. The predicted molar refractivity (Wildman–Crippen MR) is 101 cm³/mol. The van der Waals surface area contributed by atoms with E-state index in [1.165, 1.54) is 4.68 Å². The summed E-state index contributed by atoms with van der Waals surface area (Å²) in [5, 5.41) is 4.28. The van der Waals surface area contributed by atoms with Crippen LogP contribution in [0.3, 0.4) is 0 Å². The Kier molecular flexibility index (Phi) is 5.39. The van der Waals surface area contributed by atoms with Crippen LogP contribution in [0.5, 0.6) is 17.5 Å². The van der Waals surface area contributed by atoms with E-state index in [1.54, 1.807) is 0 Å². The van der Waals surface area contributed by atoms with Crippen molar-refractivity contribution < 1.29 is 19.0 Å². The average molecular weight is 373 g/mol. The SMILES string of the molecule is CCOc1nc(-c2ccc3c(c2)OCO3)n(C(=O)CC(C)CC(C)(C)C)n1. The number of fused-ring (bicyclic) bond motifs is 1. The number of benzene rings is 1. The van der Waals surface area contributed by atoms with Gasteiger partial charge in [-0.3, -0.25) is 4.79 Å². The van der Waals surface area contributed by atoms with E-state index in [2.05, 4.69) is 37.8 Å². The minimum atomic E-state index is -0.0992. The van der Waals surface area contributed by atoms with E-state index in [9.17, 15) is 4.79 Å². The maximum absolute atomic E-state index is 12.9. The Balaban J connectivity index is 1.89. The summed E-state index contributed by atoms with van der Waals surface area (Å²) in [5.41, 5.74) is 0.896. The van der Waals surface area contributed by atoms with Crippen LogP contribution < -0.4 is 14.2 Å². The molecule has 1 aliphatic rings. The van der Waals surface area contributed by atoms with Gasteiger partial charge in [0.2, 0.25) is 12.7 Å². The lowest BCUT2D eigenvalue weighted by atomic mass is 9.84. The molecule has 0 aliphatic carbocycles. The van der Waals surface area contributed by atoms with Gasteiger partial charge in [-0.15, -0.1) is 5.10 Å². The van der Waals surface area contributed by atoms with Gasteiger partial charge < -0.3 is 14.2 Å². The van der Waals surface area contributed by atoms with E-state index >= 15 is 0 Å². The summed E-state index contributed by atoms with van der Waals surface area (Å²) in [6.07, 6.45) is 1.34. The van der Waals surface area contributed by atoms with Crippen molar-refractivity contribution in [2.75, 3.05) is 13.4 Å². The molecule has 1 aliphatic heterocycles. The second-order valence-corrected chi connectivity index (χ2v) is 8.10. The molecule has 2 aromatic rings. The Morgan fingerprint density at radius 2 is 2.04 bits per heavy atom. The van der Waals surface area contributed by atoms with Gasteiger partial charge in [-0.1, -0.05) is 27.7 Å². The summed E-state index contributed by atoms with van der Waals surface area (Å²) in [5.74, 6) is 1.90. The van der Waals surface area contributed by atoms with E-state index < -0.39 is 0 Å². The van der Waals surface area contributed by atoms with Crippen molar-refractivity contribution >= 4 is 5.91 Å². The maximum Gasteiger partial charge on any atom is 0.336 e. The summed E-state index contributed by atoms with van der Waals surface area (Å²) in [7, 11) is 0. The molecule has 1 atom stereocenters. The molecule has 7 nitrogen and oxygen atoms in total. The smallest absolute Gasteiger partial charge is 0.336 e. The van der Waals surface area contributed by atoms with Crippen molar-refractivity contribution in [3.63, 3.8) is 0 Å². The number of aromatic nitrogens is 3. The molecule has 0 fully saturated rings. The van der Waals surface area contributed by atoms with Gasteiger partial charge in [0.1, 0.15) is 0 Å². The highest BCUT2D eigenvalue weighted by Crippen LogP contribution is 2.36. The van der Waals surface area contributed by atoms with Gasteiger partial charge in [-0.25, -0.2) is 0 Å². The molecule has 0 radical (unpaired) electrons.